The number of hydrogen-bond donors (Lipinski definition) is 0. The quantitative estimate of drug-likeness (QED) is 0.327. The number of hydrogen-bond acceptors (Lipinski definition) is 9. The van der Waals surface area contributed by atoms with Crippen LogP contribution in [0.2, 0.25) is 0 Å². The van der Waals surface area contributed by atoms with E-state index in [1.807, 2.05) is 26.0 Å². The van der Waals surface area contributed by atoms with Crippen molar-refractivity contribution in [1.82, 2.24) is 4.57 Å². The third-order valence-corrected chi connectivity index (χ3v) is 7.41. The lowest BCUT2D eigenvalue weighted by Crippen LogP contribution is -2.40. The summed E-state index contributed by atoms with van der Waals surface area (Å²) in [5.41, 5.74) is 1.64. The van der Waals surface area contributed by atoms with Gasteiger partial charge < -0.3 is 18.9 Å². The van der Waals surface area contributed by atoms with Gasteiger partial charge in [0, 0.05) is 10.0 Å². The lowest BCUT2D eigenvalue weighted by Gasteiger charge is -2.25. The van der Waals surface area contributed by atoms with Gasteiger partial charge in [-0.05, 0) is 69.7 Å². The number of allylic oxidation sites excluding steroid dienone is 1. The van der Waals surface area contributed by atoms with E-state index in [9.17, 15) is 9.59 Å². The number of thiazole rings is 1. The van der Waals surface area contributed by atoms with Gasteiger partial charge in [-0.3, -0.25) is 9.36 Å². The Hall–Kier alpha value is -3.88. The van der Waals surface area contributed by atoms with Crippen LogP contribution in [0.15, 0.2) is 61.9 Å². The zero-order chi connectivity index (χ0) is 29.0. The molecule has 2 aromatic carbocycles. The highest BCUT2D eigenvalue weighted by atomic mass is 79.9. The SMILES string of the molecule is CCOC(=O)C1=C(C)N=c2s/c(=C\c3cc(Br)ccc3OCC#N)c(=O)n2[C@H]1c1ccc(OC(C)C)c(OC)c1. The molecule has 1 atom stereocenters. The number of benzene rings is 2. The van der Waals surface area contributed by atoms with Crippen molar-refractivity contribution in [2.24, 2.45) is 4.99 Å². The summed E-state index contributed by atoms with van der Waals surface area (Å²) in [6.07, 6.45) is 1.62. The van der Waals surface area contributed by atoms with Gasteiger partial charge in [-0.2, -0.15) is 5.26 Å². The predicted molar refractivity (Wildman–Crippen MR) is 154 cm³/mol. The van der Waals surface area contributed by atoms with E-state index < -0.39 is 12.0 Å². The van der Waals surface area contributed by atoms with E-state index in [1.54, 1.807) is 50.3 Å². The first-order chi connectivity index (χ1) is 19.2. The van der Waals surface area contributed by atoms with Gasteiger partial charge in [-0.1, -0.05) is 33.3 Å². The Balaban J connectivity index is 1.95. The number of nitrogens with zero attached hydrogens (tertiary/aromatic N) is 3. The highest BCUT2D eigenvalue weighted by Crippen LogP contribution is 2.36. The van der Waals surface area contributed by atoms with Crippen LogP contribution in [0.5, 0.6) is 17.2 Å². The molecular weight excluding hydrogens is 598 g/mol. The normalized spacial score (nSPS) is 14.8. The van der Waals surface area contributed by atoms with Crippen molar-refractivity contribution in [2.75, 3.05) is 20.3 Å². The highest BCUT2D eigenvalue weighted by molar-refractivity contribution is 9.10. The maximum atomic E-state index is 14.0. The molecule has 0 fully saturated rings. The van der Waals surface area contributed by atoms with Crippen molar-refractivity contribution in [3.63, 3.8) is 0 Å². The fraction of sp³-hybridized carbons (Fsp3) is 0.310. The van der Waals surface area contributed by atoms with Crippen molar-refractivity contribution in [2.45, 2.75) is 39.8 Å². The smallest absolute Gasteiger partial charge is 0.338 e. The predicted octanol–water partition coefficient (Wildman–Crippen LogP) is 4.26. The van der Waals surface area contributed by atoms with Gasteiger partial charge in [-0.15, -0.1) is 0 Å². The monoisotopic (exact) mass is 625 g/mol. The minimum absolute atomic E-state index is 0.0743. The molecule has 4 rings (SSSR count). The molecule has 0 saturated carbocycles. The Kier molecular flexibility index (Phi) is 9.12. The molecule has 40 heavy (non-hydrogen) atoms. The standard InChI is InChI=1S/C29H28BrN3O6S/c1-6-37-28(35)25-17(4)32-29-33(26(25)18-7-9-22(39-16(2)3)23(14-18)36-5)27(34)24(40-29)15-19-13-20(30)8-10-21(19)38-12-11-31/h7-10,13-16,26H,6,12H2,1-5H3/b24-15-/t26-/m0/s1. The number of ether oxygens (including phenoxy) is 4. The molecule has 3 aromatic rings. The molecule has 0 bridgehead atoms. The van der Waals surface area contributed by atoms with Crippen LogP contribution < -0.4 is 29.1 Å². The molecule has 1 aliphatic heterocycles. The Morgan fingerprint density at radius 2 is 1.98 bits per heavy atom. The third kappa shape index (κ3) is 5.98. The van der Waals surface area contributed by atoms with Gasteiger partial charge in [0.15, 0.2) is 22.9 Å². The van der Waals surface area contributed by atoms with Crippen molar-refractivity contribution < 1.29 is 23.7 Å². The fourth-order valence-corrected chi connectivity index (χ4v) is 5.74. The van der Waals surface area contributed by atoms with Gasteiger partial charge in [-0.25, -0.2) is 9.79 Å². The van der Waals surface area contributed by atoms with E-state index in [1.165, 1.54) is 23.0 Å². The van der Waals surface area contributed by atoms with Gasteiger partial charge >= 0.3 is 5.97 Å². The average molecular weight is 627 g/mol. The first-order valence-electron chi connectivity index (χ1n) is 12.5. The van der Waals surface area contributed by atoms with Crippen LogP contribution in [0.4, 0.5) is 0 Å². The number of halogens is 1. The Bertz CT molecular complexity index is 1700. The van der Waals surface area contributed by atoms with Crippen LogP contribution in [-0.4, -0.2) is 37.0 Å². The summed E-state index contributed by atoms with van der Waals surface area (Å²) in [5.74, 6) is 0.927. The first-order valence-corrected chi connectivity index (χ1v) is 14.1. The Labute approximate surface area is 243 Å². The summed E-state index contributed by atoms with van der Waals surface area (Å²) in [4.78, 5) is 32.2. The molecule has 11 heteroatoms. The van der Waals surface area contributed by atoms with Crippen molar-refractivity contribution in [3.8, 4) is 23.3 Å². The number of methoxy groups -OCH3 is 1. The summed E-state index contributed by atoms with van der Waals surface area (Å²) in [6, 6.07) is 11.8. The van der Waals surface area contributed by atoms with Gasteiger partial charge in [0.2, 0.25) is 0 Å². The van der Waals surface area contributed by atoms with Crippen molar-refractivity contribution >= 4 is 39.3 Å². The molecule has 2 heterocycles. The van der Waals surface area contributed by atoms with Crippen LogP contribution in [0.1, 0.15) is 44.9 Å². The third-order valence-electron chi connectivity index (χ3n) is 5.93. The lowest BCUT2D eigenvalue weighted by molar-refractivity contribution is -0.139. The second kappa shape index (κ2) is 12.5. The van der Waals surface area contributed by atoms with E-state index >= 15 is 0 Å². The molecule has 208 valence electrons. The zero-order valence-corrected chi connectivity index (χ0v) is 25.1. The topological polar surface area (TPSA) is 112 Å². The summed E-state index contributed by atoms with van der Waals surface area (Å²) >= 11 is 4.65. The molecule has 0 spiro atoms. The van der Waals surface area contributed by atoms with Crippen LogP contribution in [0.3, 0.4) is 0 Å². The maximum Gasteiger partial charge on any atom is 0.338 e. The molecule has 9 nitrogen and oxygen atoms in total. The number of carbonyl (C=O) groups excluding carboxylic acids is 1. The molecule has 1 aliphatic rings. The Morgan fingerprint density at radius 3 is 2.65 bits per heavy atom. The van der Waals surface area contributed by atoms with Gasteiger partial charge in [0.05, 0.1) is 41.7 Å². The van der Waals surface area contributed by atoms with Gasteiger partial charge in [0.25, 0.3) is 5.56 Å². The van der Waals surface area contributed by atoms with Crippen LogP contribution >= 0.6 is 27.3 Å². The van der Waals surface area contributed by atoms with E-state index in [0.717, 1.165) is 4.47 Å². The van der Waals surface area contributed by atoms with E-state index in [2.05, 4.69) is 20.9 Å². The average Bonchev–Trinajstić information content (AvgIpc) is 3.21. The van der Waals surface area contributed by atoms with E-state index in [-0.39, 0.29) is 30.5 Å². The summed E-state index contributed by atoms with van der Waals surface area (Å²) in [7, 11) is 1.54. The number of fused-ring (bicyclic) bond motifs is 1. The zero-order valence-electron chi connectivity index (χ0n) is 22.7. The number of aromatic nitrogens is 1. The first kappa shape index (κ1) is 29.1. The fourth-order valence-electron chi connectivity index (χ4n) is 4.33. The van der Waals surface area contributed by atoms with Crippen LogP contribution in [-0.2, 0) is 9.53 Å². The number of esters is 1. The van der Waals surface area contributed by atoms with E-state index in [0.29, 0.717) is 43.4 Å². The molecule has 0 saturated heterocycles. The van der Waals surface area contributed by atoms with Crippen LogP contribution in [0, 0.1) is 11.3 Å². The summed E-state index contributed by atoms with van der Waals surface area (Å²) in [5, 5.41) is 8.97. The molecular formula is C29H28BrN3O6S. The minimum Gasteiger partial charge on any atom is -0.493 e. The highest BCUT2D eigenvalue weighted by Gasteiger charge is 2.34. The van der Waals surface area contributed by atoms with E-state index in [4.69, 9.17) is 24.2 Å². The largest absolute Gasteiger partial charge is 0.493 e. The molecule has 0 amide bonds. The maximum absolute atomic E-state index is 14.0. The molecule has 0 unspecified atom stereocenters. The molecule has 0 N–H and O–H groups in total. The summed E-state index contributed by atoms with van der Waals surface area (Å²) < 4.78 is 25.1. The number of rotatable bonds is 9. The summed E-state index contributed by atoms with van der Waals surface area (Å²) in [6.45, 7) is 7.32. The minimum atomic E-state index is -0.809. The van der Waals surface area contributed by atoms with Crippen molar-refractivity contribution in [3.05, 3.63) is 83.0 Å². The van der Waals surface area contributed by atoms with Crippen molar-refractivity contribution in [1.29, 1.82) is 5.26 Å². The van der Waals surface area contributed by atoms with Gasteiger partial charge in [0.1, 0.15) is 11.8 Å². The van der Waals surface area contributed by atoms with Crippen LogP contribution in [0.25, 0.3) is 6.08 Å². The second-order valence-electron chi connectivity index (χ2n) is 9.01. The molecule has 0 aliphatic carbocycles. The Morgan fingerprint density at radius 1 is 1.23 bits per heavy atom. The number of carbonyl (C=O) groups is 1. The second-order valence-corrected chi connectivity index (χ2v) is 10.9. The molecule has 0 radical (unpaired) electrons. The number of nitriles is 1. The molecule has 1 aromatic heterocycles. The lowest BCUT2D eigenvalue weighted by atomic mass is 9.95.